The molecule has 0 saturated heterocycles. The Hall–Kier alpha value is -1.38. The number of benzene rings is 2. The van der Waals surface area contributed by atoms with E-state index in [-0.39, 0.29) is 11.5 Å². The number of fused-ring (bicyclic) bond motifs is 1. The molecule has 100 valence electrons. The Morgan fingerprint density at radius 2 is 1.74 bits per heavy atom. The van der Waals surface area contributed by atoms with Crippen LogP contribution in [0.2, 0.25) is 0 Å². The SMILES string of the molecule is NC[C@]1(c2ccc3ccccc3c2)CC[C@@H](O)CC1. The minimum Gasteiger partial charge on any atom is -0.393 e. The fourth-order valence-electron chi connectivity index (χ4n) is 3.28. The van der Waals surface area contributed by atoms with Gasteiger partial charge in [-0.05, 0) is 42.0 Å². The van der Waals surface area contributed by atoms with Crippen LogP contribution in [0.5, 0.6) is 0 Å². The van der Waals surface area contributed by atoms with Crippen LogP contribution in [0.3, 0.4) is 0 Å². The Kier molecular flexibility index (Phi) is 3.29. The van der Waals surface area contributed by atoms with Gasteiger partial charge in [0.05, 0.1) is 6.10 Å². The first kappa shape index (κ1) is 12.6. The van der Waals surface area contributed by atoms with E-state index in [2.05, 4.69) is 42.5 Å². The fourth-order valence-corrected chi connectivity index (χ4v) is 3.28. The van der Waals surface area contributed by atoms with E-state index in [1.807, 2.05) is 0 Å². The predicted molar refractivity (Wildman–Crippen MR) is 79.2 cm³/mol. The summed E-state index contributed by atoms with van der Waals surface area (Å²) in [5.41, 5.74) is 7.47. The molecule has 1 aliphatic rings. The van der Waals surface area contributed by atoms with Crippen LogP contribution < -0.4 is 5.73 Å². The quantitative estimate of drug-likeness (QED) is 0.866. The maximum atomic E-state index is 9.71. The van der Waals surface area contributed by atoms with E-state index in [1.165, 1.54) is 16.3 Å². The minimum absolute atomic E-state index is 0.0588. The summed E-state index contributed by atoms with van der Waals surface area (Å²) in [5, 5.41) is 12.3. The molecule has 3 rings (SSSR count). The highest BCUT2D eigenvalue weighted by molar-refractivity contribution is 5.83. The third-order valence-corrected chi connectivity index (χ3v) is 4.66. The van der Waals surface area contributed by atoms with Gasteiger partial charge in [0, 0.05) is 12.0 Å². The van der Waals surface area contributed by atoms with Gasteiger partial charge < -0.3 is 10.8 Å². The van der Waals surface area contributed by atoms with Crippen LogP contribution in [0.1, 0.15) is 31.2 Å². The zero-order chi connectivity index (χ0) is 13.3. The normalized spacial score (nSPS) is 27.6. The summed E-state index contributed by atoms with van der Waals surface area (Å²) in [5.74, 6) is 0. The van der Waals surface area contributed by atoms with Crippen molar-refractivity contribution in [1.82, 2.24) is 0 Å². The monoisotopic (exact) mass is 255 g/mol. The molecule has 2 nitrogen and oxygen atoms in total. The molecule has 0 aliphatic heterocycles. The lowest BCUT2D eigenvalue weighted by Gasteiger charge is -2.38. The molecule has 0 atom stereocenters. The Bertz CT molecular complexity index is 570. The lowest BCUT2D eigenvalue weighted by atomic mass is 9.68. The van der Waals surface area contributed by atoms with E-state index in [0.717, 1.165) is 25.7 Å². The Balaban J connectivity index is 2.01. The predicted octanol–water partition coefficient (Wildman–Crippen LogP) is 2.97. The molecule has 1 aliphatic carbocycles. The highest BCUT2D eigenvalue weighted by Gasteiger charge is 2.35. The summed E-state index contributed by atoms with van der Waals surface area (Å²) in [6, 6.07) is 15.1. The van der Waals surface area contributed by atoms with Crippen LogP contribution in [0.15, 0.2) is 42.5 Å². The minimum atomic E-state index is -0.139. The van der Waals surface area contributed by atoms with Crippen LogP contribution in [0.25, 0.3) is 10.8 Å². The molecule has 0 spiro atoms. The number of aliphatic hydroxyl groups excluding tert-OH is 1. The molecule has 2 heteroatoms. The standard InChI is InChI=1S/C17H21NO/c18-12-17(9-7-16(19)8-10-17)15-6-5-13-3-1-2-4-14(13)11-15/h1-6,11,16,19H,7-10,12,18H2/t16-,17+. The van der Waals surface area contributed by atoms with Crippen molar-refractivity contribution in [3.8, 4) is 0 Å². The number of hydrogen-bond acceptors (Lipinski definition) is 2. The lowest BCUT2D eigenvalue weighted by Crippen LogP contribution is -2.40. The smallest absolute Gasteiger partial charge is 0.0541 e. The van der Waals surface area contributed by atoms with Gasteiger partial charge in [0.2, 0.25) is 0 Å². The van der Waals surface area contributed by atoms with Gasteiger partial charge in [0.15, 0.2) is 0 Å². The second kappa shape index (κ2) is 4.95. The van der Waals surface area contributed by atoms with E-state index in [1.54, 1.807) is 0 Å². The molecule has 0 bridgehead atoms. The lowest BCUT2D eigenvalue weighted by molar-refractivity contribution is 0.0975. The summed E-state index contributed by atoms with van der Waals surface area (Å²) >= 11 is 0. The van der Waals surface area contributed by atoms with E-state index < -0.39 is 0 Å². The summed E-state index contributed by atoms with van der Waals surface area (Å²) in [4.78, 5) is 0. The van der Waals surface area contributed by atoms with Gasteiger partial charge in [0.25, 0.3) is 0 Å². The van der Waals surface area contributed by atoms with Gasteiger partial charge in [-0.15, -0.1) is 0 Å². The second-order valence-electron chi connectivity index (χ2n) is 5.78. The molecular weight excluding hydrogens is 234 g/mol. The van der Waals surface area contributed by atoms with Crippen molar-refractivity contribution in [3.63, 3.8) is 0 Å². The molecule has 0 heterocycles. The highest BCUT2D eigenvalue weighted by atomic mass is 16.3. The molecule has 0 unspecified atom stereocenters. The van der Waals surface area contributed by atoms with Crippen LogP contribution in [-0.2, 0) is 5.41 Å². The Labute approximate surface area is 114 Å². The number of nitrogens with two attached hydrogens (primary N) is 1. The number of hydrogen-bond donors (Lipinski definition) is 2. The Morgan fingerprint density at radius 3 is 2.42 bits per heavy atom. The summed E-state index contributed by atoms with van der Waals surface area (Å²) in [6.45, 7) is 0.665. The molecular formula is C17H21NO. The third-order valence-electron chi connectivity index (χ3n) is 4.66. The molecule has 1 saturated carbocycles. The molecule has 2 aromatic rings. The molecule has 3 N–H and O–H groups in total. The number of aliphatic hydroxyl groups is 1. The largest absolute Gasteiger partial charge is 0.393 e. The van der Waals surface area contributed by atoms with E-state index in [0.29, 0.717) is 6.54 Å². The maximum Gasteiger partial charge on any atom is 0.0541 e. The average Bonchev–Trinajstić information content (AvgIpc) is 2.48. The summed E-state index contributed by atoms with van der Waals surface area (Å²) in [6.07, 6.45) is 3.57. The van der Waals surface area contributed by atoms with Crippen molar-refractivity contribution in [2.75, 3.05) is 6.54 Å². The molecule has 0 radical (unpaired) electrons. The van der Waals surface area contributed by atoms with Crippen molar-refractivity contribution in [1.29, 1.82) is 0 Å². The van der Waals surface area contributed by atoms with E-state index in [4.69, 9.17) is 5.73 Å². The summed E-state index contributed by atoms with van der Waals surface area (Å²) < 4.78 is 0. The van der Waals surface area contributed by atoms with Crippen LogP contribution in [-0.4, -0.2) is 17.8 Å². The van der Waals surface area contributed by atoms with Gasteiger partial charge in [0.1, 0.15) is 0 Å². The van der Waals surface area contributed by atoms with Crippen LogP contribution in [0.4, 0.5) is 0 Å². The topological polar surface area (TPSA) is 46.2 Å². The van der Waals surface area contributed by atoms with Crippen molar-refractivity contribution < 1.29 is 5.11 Å². The zero-order valence-corrected chi connectivity index (χ0v) is 11.2. The zero-order valence-electron chi connectivity index (χ0n) is 11.2. The van der Waals surface area contributed by atoms with E-state index >= 15 is 0 Å². The van der Waals surface area contributed by atoms with Gasteiger partial charge in [-0.3, -0.25) is 0 Å². The molecule has 0 amide bonds. The van der Waals surface area contributed by atoms with E-state index in [9.17, 15) is 5.11 Å². The average molecular weight is 255 g/mol. The van der Waals surface area contributed by atoms with Crippen LogP contribution in [0, 0.1) is 0 Å². The molecule has 19 heavy (non-hydrogen) atoms. The van der Waals surface area contributed by atoms with Crippen LogP contribution >= 0.6 is 0 Å². The molecule has 1 fully saturated rings. The van der Waals surface area contributed by atoms with Crippen molar-refractivity contribution in [2.24, 2.45) is 5.73 Å². The van der Waals surface area contributed by atoms with Crippen molar-refractivity contribution in [2.45, 2.75) is 37.2 Å². The van der Waals surface area contributed by atoms with Crippen molar-refractivity contribution in [3.05, 3.63) is 48.0 Å². The summed E-state index contributed by atoms with van der Waals surface area (Å²) in [7, 11) is 0. The van der Waals surface area contributed by atoms with Gasteiger partial charge in [-0.25, -0.2) is 0 Å². The van der Waals surface area contributed by atoms with Gasteiger partial charge in [-0.1, -0.05) is 42.5 Å². The third kappa shape index (κ3) is 2.26. The first-order valence-electron chi connectivity index (χ1n) is 7.11. The molecule has 0 aromatic heterocycles. The number of rotatable bonds is 2. The first-order chi connectivity index (χ1) is 9.23. The Morgan fingerprint density at radius 1 is 1.05 bits per heavy atom. The first-order valence-corrected chi connectivity index (χ1v) is 7.11. The molecule has 2 aromatic carbocycles. The second-order valence-corrected chi connectivity index (χ2v) is 5.78. The highest BCUT2D eigenvalue weighted by Crippen LogP contribution is 2.39. The van der Waals surface area contributed by atoms with Crippen molar-refractivity contribution >= 4 is 10.8 Å². The fraction of sp³-hybridized carbons (Fsp3) is 0.412. The van der Waals surface area contributed by atoms with Gasteiger partial charge in [-0.2, -0.15) is 0 Å². The maximum absolute atomic E-state index is 9.71. The van der Waals surface area contributed by atoms with Gasteiger partial charge >= 0.3 is 0 Å².